The molecule has 20 heavy (non-hydrogen) atoms. The molecule has 1 aromatic carbocycles. The highest BCUT2D eigenvalue weighted by Gasteiger charge is 2.17. The maximum absolute atomic E-state index is 13.7. The minimum atomic E-state index is -0.666. The number of aromatic nitrogens is 5. The van der Waals surface area contributed by atoms with Crippen molar-refractivity contribution in [3.8, 4) is 28.5 Å². The lowest BCUT2D eigenvalue weighted by atomic mass is 10.1. The van der Waals surface area contributed by atoms with Crippen molar-refractivity contribution in [1.29, 1.82) is 0 Å². The van der Waals surface area contributed by atoms with Crippen LogP contribution in [0.25, 0.3) is 22.6 Å². The normalized spacial score (nSPS) is 10.7. The van der Waals surface area contributed by atoms with Crippen LogP contribution in [-0.4, -0.2) is 30.5 Å². The molecule has 0 atom stereocenters. The summed E-state index contributed by atoms with van der Waals surface area (Å²) in [4.78, 5) is 18.3. The Hall–Kier alpha value is -3.03. The molecule has 2 heterocycles. The summed E-state index contributed by atoms with van der Waals surface area (Å²) in [6.45, 7) is 0. The van der Waals surface area contributed by atoms with Crippen molar-refractivity contribution in [2.24, 2.45) is 0 Å². The minimum Gasteiger partial charge on any atom is -0.493 e. The summed E-state index contributed by atoms with van der Waals surface area (Å²) >= 11 is 0. The lowest BCUT2D eigenvalue weighted by Crippen LogP contribution is -2.13. The van der Waals surface area contributed by atoms with Gasteiger partial charge in [-0.3, -0.25) is 4.79 Å². The Labute approximate surface area is 111 Å². The third-order valence-electron chi connectivity index (χ3n) is 2.70. The van der Waals surface area contributed by atoms with E-state index in [2.05, 4.69) is 25.4 Å². The van der Waals surface area contributed by atoms with Crippen LogP contribution in [0.2, 0.25) is 0 Å². The van der Waals surface area contributed by atoms with E-state index in [0.717, 1.165) is 0 Å². The second kappa shape index (κ2) is 4.57. The van der Waals surface area contributed by atoms with Gasteiger partial charge in [0.25, 0.3) is 5.56 Å². The Morgan fingerprint density at radius 3 is 2.70 bits per heavy atom. The number of halogens is 1. The molecule has 0 amide bonds. The predicted octanol–water partition coefficient (Wildman–Crippen LogP) is 1.07. The minimum absolute atomic E-state index is 0.0227. The van der Waals surface area contributed by atoms with Gasteiger partial charge in [0.1, 0.15) is 17.1 Å². The van der Waals surface area contributed by atoms with Gasteiger partial charge >= 0.3 is 0 Å². The molecule has 3 N–H and O–H groups in total. The topological polar surface area (TPSA) is 108 Å². The summed E-state index contributed by atoms with van der Waals surface area (Å²) in [5.41, 5.74) is -0.654. The number of H-pyrrole nitrogens is 2. The summed E-state index contributed by atoms with van der Waals surface area (Å²) in [7, 11) is 0. The van der Waals surface area contributed by atoms with Gasteiger partial charge in [0.2, 0.25) is 5.88 Å². The van der Waals surface area contributed by atoms with Gasteiger partial charge in [0.15, 0.2) is 5.82 Å². The molecule has 0 aliphatic rings. The van der Waals surface area contributed by atoms with E-state index >= 15 is 0 Å². The van der Waals surface area contributed by atoms with Crippen LogP contribution < -0.4 is 5.56 Å². The van der Waals surface area contributed by atoms with Crippen LogP contribution in [0.4, 0.5) is 4.39 Å². The largest absolute Gasteiger partial charge is 0.493 e. The zero-order valence-corrected chi connectivity index (χ0v) is 9.96. The van der Waals surface area contributed by atoms with Gasteiger partial charge in [-0.25, -0.2) is 4.39 Å². The summed E-state index contributed by atoms with van der Waals surface area (Å²) in [6.07, 6.45) is 1.33. The molecule has 3 rings (SSSR count). The van der Waals surface area contributed by atoms with Crippen molar-refractivity contribution in [2.75, 3.05) is 0 Å². The number of nitrogens with zero attached hydrogens (tertiary/aromatic N) is 3. The summed E-state index contributed by atoms with van der Waals surface area (Å²) in [6, 6.07) is 5.63. The molecule has 0 radical (unpaired) electrons. The van der Waals surface area contributed by atoms with Gasteiger partial charge in [0, 0.05) is 5.56 Å². The van der Waals surface area contributed by atoms with E-state index in [9.17, 15) is 14.3 Å². The Morgan fingerprint density at radius 2 is 2.05 bits per heavy atom. The highest BCUT2D eigenvalue weighted by molar-refractivity contribution is 5.69. The number of hydrogen-bond acceptors (Lipinski definition) is 5. The molecule has 3 aromatic rings. The number of benzene rings is 1. The third kappa shape index (κ3) is 1.92. The maximum Gasteiger partial charge on any atom is 0.263 e. The van der Waals surface area contributed by atoms with Crippen LogP contribution in [0.5, 0.6) is 5.88 Å². The quantitative estimate of drug-likeness (QED) is 0.647. The van der Waals surface area contributed by atoms with E-state index < -0.39 is 17.3 Å². The summed E-state index contributed by atoms with van der Waals surface area (Å²) in [5.74, 6) is -1.15. The lowest BCUT2D eigenvalue weighted by Gasteiger charge is -2.05. The first-order valence-corrected chi connectivity index (χ1v) is 5.61. The van der Waals surface area contributed by atoms with Crippen LogP contribution in [0, 0.1) is 5.82 Å². The van der Waals surface area contributed by atoms with Crippen molar-refractivity contribution < 1.29 is 9.50 Å². The highest BCUT2D eigenvalue weighted by Crippen LogP contribution is 2.26. The van der Waals surface area contributed by atoms with Crippen LogP contribution in [0.1, 0.15) is 0 Å². The molecule has 0 unspecified atom stereocenters. The van der Waals surface area contributed by atoms with Gasteiger partial charge in [-0.15, -0.1) is 0 Å². The smallest absolute Gasteiger partial charge is 0.263 e. The predicted molar refractivity (Wildman–Crippen MR) is 67.3 cm³/mol. The van der Waals surface area contributed by atoms with E-state index in [-0.39, 0.29) is 22.6 Å². The van der Waals surface area contributed by atoms with Crippen LogP contribution >= 0.6 is 0 Å². The van der Waals surface area contributed by atoms with Gasteiger partial charge < -0.3 is 10.1 Å². The van der Waals surface area contributed by atoms with Gasteiger partial charge in [0.05, 0.1) is 6.20 Å². The molecule has 2 aromatic heterocycles. The van der Waals surface area contributed by atoms with Gasteiger partial charge in [-0.1, -0.05) is 18.2 Å². The first-order chi connectivity index (χ1) is 9.66. The maximum atomic E-state index is 13.7. The van der Waals surface area contributed by atoms with Crippen LogP contribution in [-0.2, 0) is 0 Å². The first kappa shape index (κ1) is 12.0. The number of aromatic hydroxyl groups is 1. The molecular weight excluding hydrogens is 265 g/mol. The molecule has 0 saturated heterocycles. The Bertz CT molecular complexity index is 813. The van der Waals surface area contributed by atoms with Crippen molar-refractivity contribution in [3.63, 3.8) is 0 Å². The molecule has 0 fully saturated rings. The number of rotatable bonds is 2. The van der Waals surface area contributed by atoms with Gasteiger partial charge in [-0.2, -0.15) is 20.4 Å². The monoisotopic (exact) mass is 273 g/mol. The van der Waals surface area contributed by atoms with Crippen LogP contribution in [0.15, 0.2) is 35.3 Å². The fourth-order valence-electron chi connectivity index (χ4n) is 1.81. The molecule has 0 saturated carbocycles. The lowest BCUT2D eigenvalue weighted by molar-refractivity contribution is 0.453. The average Bonchev–Trinajstić information content (AvgIpc) is 2.94. The summed E-state index contributed by atoms with van der Waals surface area (Å²) < 4.78 is 13.7. The average molecular weight is 273 g/mol. The van der Waals surface area contributed by atoms with Crippen molar-refractivity contribution in [3.05, 3.63) is 46.6 Å². The van der Waals surface area contributed by atoms with Crippen molar-refractivity contribution >= 4 is 0 Å². The zero-order valence-electron chi connectivity index (χ0n) is 9.96. The second-order valence-corrected chi connectivity index (χ2v) is 3.95. The van der Waals surface area contributed by atoms with Gasteiger partial charge in [-0.05, 0) is 6.07 Å². The zero-order chi connectivity index (χ0) is 14.1. The van der Waals surface area contributed by atoms with Crippen molar-refractivity contribution in [1.82, 2.24) is 25.4 Å². The van der Waals surface area contributed by atoms with Crippen LogP contribution in [0.3, 0.4) is 0 Å². The first-order valence-electron chi connectivity index (χ1n) is 5.61. The molecule has 0 aliphatic heterocycles. The fourth-order valence-corrected chi connectivity index (χ4v) is 1.81. The number of hydrogen-bond donors (Lipinski definition) is 3. The second-order valence-electron chi connectivity index (χ2n) is 3.95. The SMILES string of the molecule is O=c1[nH]c(-c2cn[nH]n2)nc(O)c1-c1ccccc1F. The Kier molecular flexibility index (Phi) is 2.75. The fraction of sp³-hybridized carbons (Fsp3) is 0. The van der Waals surface area contributed by atoms with E-state index in [0.29, 0.717) is 0 Å². The van der Waals surface area contributed by atoms with E-state index in [1.807, 2.05) is 0 Å². The molecule has 0 spiro atoms. The molecule has 0 aliphatic carbocycles. The van der Waals surface area contributed by atoms with E-state index in [4.69, 9.17) is 0 Å². The third-order valence-corrected chi connectivity index (χ3v) is 2.70. The molecule has 0 bridgehead atoms. The Morgan fingerprint density at radius 1 is 1.25 bits per heavy atom. The Balaban J connectivity index is 2.20. The number of aromatic amines is 2. The molecule has 8 heteroatoms. The van der Waals surface area contributed by atoms with E-state index in [1.54, 1.807) is 6.07 Å². The van der Waals surface area contributed by atoms with Crippen molar-refractivity contribution in [2.45, 2.75) is 0 Å². The standard InChI is InChI=1S/C12H8FN5O2/c13-7-4-2-1-3-6(7)9-11(19)15-10(16-12(9)20)8-5-14-18-17-8/h1-5H,(H,14,17,18)(H2,15,16,19,20). The van der Waals surface area contributed by atoms with E-state index in [1.165, 1.54) is 24.4 Å². The summed E-state index contributed by atoms with van der Waals surface area (Å²) in [5, 5.41) is 19.6. The highest BCUT2D eigenvalue weighted by atomic mass is 19.1. The molecule has 100 valence electrons. The molecular formula is C12H8FN5O2. The molecule has 7 nitrogen and oxygen atoms in total. The number of nitrogens with one attached hydrogen (secondary N) is 2.